The van der Waals surface area contributed by atoms with Gasteiger partial charge in [-0.05, 0) is 78.1 Å². The van der Waals surface area contributed by atoms with Crippen molar-refractivity contribution in [2.75, 3.05) is 6.61 Å². The van der Waals surface area contributed by atoms with Crippen LogP contribution >= 0.6 is 0 Å². The lowest BCUT2D eigenvalue weighted by atomic mass is 9.34. The van der Waals surface area contributed by atoms with Crippen LogP contribution in [0.1, 0.15) is 86.5 Å². The molecule has 1 heterocycles. The van der Waals surface area contributed by atoms with E-state index in [9.17, 15) is 9.90 Å². The van der Waals surface area contributed by atoms with Crippen LogP contribution in [0.3, 0.4) is 0 Å². The van der Waals surface area contributed by atoms with Gasteiger partial charge in [-0.1, -0.05) is 47.1 Å². The van der Waals surface area contributed by atoms with Crippen molar-refractivity contribution in [3.8, 4) is 0 Å². The van der Waals surface area contributed by atoms with Crippen LogP contribution in [0.2, 0.25) is 0 Å². The Labute approximate surface area is 188 Å². The van der Waals surface area contributed by atoms with E-state index in [2.05, 4.69) is 40.7 Å². The van der Waals surface area contributed by atoms with E-state index in [0.29, 0.717) is 23.9 Å². The van der Waals surface area contributed by atoms with Crippen molar-refractivity contribution >= 4 is 5.97 Å². The molecule has 0 aromatic carbocycles. The summed E-state index contributed by atoms with van der Waals surface area (Å²) in [4.78, 5) is 12.3. The summed E-state index contributed by atoms with van der Waals surface area (Å²) in [6, 6.07) is 0. The number of ether oxygens (including phenoxy) is 2. The van der Waals surface area contributed by atoms with E-state index in [1.54, 1.807) is 6.92 Å². The molecule has 4 fully saturated rings. The summed E-state index contributed by atoms with van der Waals surface area (Å²) >= 11 is 0. The van der Waals surface area contributed by atoms with Crippen LogP contribution in [0.4, 0.5) is 0 Å². The largest absolute Gasteiger partial charge is 0.462 e. The third kappa shape index (κ3) is 2.82. The van der Waals surface area contributed by atoms with E-state index in [-0.39, 0.29) is 34.2 Å². The molecule has 5 aliphatic rings. The maximum atomic E-state index is 12.3. The Morgan fingerprint density at radius 3 is 2.48 bits per heavy atom. The first-order valence-corrected chi connectivity index (χ1v) is 12.6. The molecule has 0 amide bonds. The molecule has 9 unspecified atom stereocenters. The summed E-state index contributed by atoms with van der Waals surface area (Å²) in [5.41, 5.74) is 1.77. The third-order valence-electron chi connectivity index (χ3n) is 11.2. The van der Waals surface area contributed by atoms with Gasteiger partial charge in [-0.2, -0.15) is 0 Å². The fraction of sp³-hybridized carbons (Fsp3) is 0.889. The Bertz CT molecular complexity index is 801. The van der Waals surface area contributed by atoms with Crippen molar-refractivity contribution in [1.82, 2.24) is 0 Å². The van der Waals surface area contributed by atoms with Crippen LogP contribution in [0.15, 0.2) is 11.6 Å². The van der Waals surface area contributed by atoms with Crippen LogP contribution in [-0.2, 0) is 14.3 Å². The minimum atomic E-state index is -0.794. The first kappa shape index (κ1) is 21.9. The Morgan fingerprint density at radius 2 is 1.77 bits per heavy atom. The van der Waals surface area contributed by atoms with Crippen LogP contribution in [0, 0.1) is 45.3 Å². The summed E-state index contributed by atoms with van der Waals surface area (Å²) in [5, 5.41) is 10.9. The van der Waals surface area contributed by atoms with Gasteiger partial charge in [0.2, 0.25) is 0 Å². The number of allylic oxidation sites excluding steroid dienone is 1. The molecule has 4 aliphatic carbocycles. The van der Waals surface area contributed by atoms with Gasteiger partial charge in [0.15, 0.2) is 6.29 Å². The molecule has 9 atom stereocenters. The Kier molecular flexibility index (Phi) is 4.83. The smallest absolute Gasteiger partial charge is 0.302 e. The summed E-state index contributed by atoms with van der Waals surface area (Å²) in [7, 11) is 0. The molecular weight excluding hydrogens is 388 g/mol. The SMILES string of the molecule is CC(=O)OC1CC2C3(C)CCCC(C)(C)C3CCC2(C)C2CC=C3COC(O)C3C12C. The van der Waals surface area contributed by atoms with Gasteiger partial charge >= 0.3 is 5.97 Å². The molecule has 1 aliphatic heterocycles. The van der Waals surface area contributed by atoms with Crippen LogP contribution in [-0.4, -0.2) is 30.1 Å². The van der Waals surface area contributed by atoms with E-state index in [1.165, 1.54) is 37.7 Å². The quantitative estimate of drug-likeness (QED) is 0.442. The predicted molar refractivity (Wildman–Crippen MR) is 120 cm³/mol. The molecular formula is C27H42O4. The number of hydrogen-bond acceptors (Lipinski definition) is 4. The van der Waals surface area contributed by atoms with Gasteiger partial charge in [0.05, 0.1) is 6.61 Å². The third-order valence-corrected chi connectivity index (χ3v) is 11.2. The Hall–Kier alpha value is -0.870. The van der Waals surface area contributed by atoms with Crippen molar-refractivity contribution in [3.05, 3.63) is 11.6 Å². The number of esters is 1. The van der Waals surface area contributed by atoms with E-state index in [0.717, 1.165) is 18.8 Å². The number of aliphatic hydroxyl groups excluding tert-OH is 1. The van der Waals surface area contributed by atoms with E-state index in [4.69, 9.17) is 9.47 Å². The molecule has 4 nitrogen and oxygen atoms in total. The molecule has 5 rings (SSSR count). The zero-order chi connectivity index (χ0) is 22.4. The van der Waals surface area contributed by atoms with Crippen molar-refractivity contribution in [2.24, 2.45) is 45.3 Å². The van der Waals surface area contributed by atoms with Gasteiger partial charge in [-0.25, -0.2) is 0 Å². The molecule has 0 aromatic heterocycles. The van der Waals surface area contributed by atoms with Crippen molar-refractivity contribution in [3.63, 3.8) is 0 Å². The molecule has 0 spiro atoms. The van der Waals surface area contributed by atoms with E-state index in [1.807, 2.05) is 0 Å². The lowest BCUT2D eigenvalue weighted by Crippen LogP contribution is -2.67. The maximum Gasteiger partial charge on any atom is 0.302 e. The fourth-order valence-electron chi connectivity index (χ4n) is 10.1. The highest BCUT2D eigenvalue weighted by Gasteiger charge is 2.70. The van der Waals surface area contributed by atoms with Crippen LogP contribution in [0.5, 0.6) is 0 Å². The lowest BCUT2D eigenvalue weighted by molar-refractivity contribution is -0.253. The van der Waals surface area contributed by atoms with Crippen molar-refractivity contribution < 1.29 is 19.4 Å². The molecule has 3 saturated carbocycles. The standard InChI is InChI=1S/C27H42O4/c1-16(28)31-21-14-20-25(4)12-7-11-24(2,3)18(25)10-13-26(20,5)19-9-8-17-15-30-23(29)22(17)27(19,21)6/h8,18-23,29H,7,9-15H2,1-6H3. The summed E-state index contributed by atoms with van der Waals surface area (Å²) in [5.74, 6) is 1.39. The minimum absolute atomic E-state index is 0.0679. The topological polar surface area (TPSA) is 55.8 Å². The monoisotopic (exact) mass is 430 g/mol. The normalized spacial score (nSPS) is 52.8. The molecule has 31 heavy (non-hydrogen) atoms. The molecule has 0 radical (unpaired) electrons. The van der Waals surface area contributed by atoms with Crippen molar-refractivity contribution in [2.45, 2.75) is 98.9 Å². The molecule has 4 heteroatoms. The highest BCUT2D eigenvalue weighted by atomic mass is 16.6. The number of rotatable bonds is 1. The molecule has 0 bridgehead atoms. The van der Waals surface area contributed by atoms with Gasteiger partial charge in [0, 0.05) is 18.3 Å². The predicted octanol–water partition coefficient (Wildman–Crippen LogP) is 5.49. The van der Waals surface area contributed by atoms with E-state index >= 15 is 0 Å². The van der Waals surface area contributed by atoms with Crippen LogP contribution < -0.4 is 0 Å². The van der Waals surface area contributed by atoms with Crippen LogP contribution in [0.25, 0.3) is 0 Å². The first-order valence-electron chi connectivity index (χ1n) is 12.6. The number of aliphatic hydroxyl groups is 1. The second kappa shape index (κ2) is 6.82. The second-order valence-electron chi connectivity index (χ2n) is 12.9. The molecule has 1 N–H and O–H groups in total. The zero-order valence-electron chi connectivity index (χ0n) is 20.4. The second-order valence-corrected chi connectivity index (χ2v) is 12.9. The lowest BCUT2D eigenvalue weighted by Gasteiger charge is -2.70. The summed E-state index contributed by atoms with van der Waals surface area (Å²) < 4.78 is 11.9. The highest BCUT2D eigenvalue weighted by Crippen LogP contribution is 2.73. The number of hydrogen-bond donors (Lipinski definition) is 1. The number of carbonyl (C=O) groups excluding carboxylic acids is 1. The highest BCUT2D eigenvalue weighted by molar-refractivity contribution is 5.66. The minimum Gasteiger partial charge on any atom is -0.462 e. The van der Waals surface area contributed by atoms with Gasteiger partial charge < -0.3 is 14.6 Å². The fourth-order valence-corrected chi connectivity index (χ4v) is 10.1. The molecule has 1 saturated heterocycles. The average molecular weight is 431 g/mol. The number of fused-ring (bicyclic) bond motifs is 7. The first-order chi connectivity index (χ1) is 14.4. The van der Waals surface area contributed by atoms with E-state index < -0.39 is 6.29 Å². The number of carbonyl (C=O) groups is 1. The van der Waals surface area contributed by atoms with Gasteiger partial charge in [0.25, 0.3) is 0 Å². The summed E-state index contributed by atoms with van der Waals surface area (Å²) in [6.45, 7) is 14.4. The van der Waals surface area contributed by atoms with Gasteiger partial charge in [-0.3, -0.25) is 4.79 Å². The zero-order valence-corrected chi connectivity index (χ0v) is 20.4. The summed E-state index contributed by atoms with van der Waals surface area (Å²) in [6.07, 6.45) is 9.75. The maximum absolute atomic E-state index is 12.3. The molecule has 0 aromatic rings. The van der Waals surface area contributed by atoms with Gasteiger partial charge in [0.1, 0.15) is 6.10 Å². The van der Waals surface area contributed by atoms with Gasteiger partial charge in [-0.15, -0.1) is 0 Å². The Morgan fingerprint density at radius 1 is 1.06 bits per heavy atom. The van der Waals surface area contributed by atoms with Crippen molar-refractivity contribution in [1.29, 1.82) is 0 Å². The molecule has 174 valence electrons. The average Bonchev–Trinajstić information content (AvgIpc) is 3.04. The Balaban J connectivity index is 1.62.